The van der Waals surface area contributed by atoms with Crippen LogP contribution in [0.4, 0.5) is 0 Å². The predicted octanol–water partition coefficient (Wildman–Crippen LogP) is 0.610. The molecule has 3 aliphatic rings. The Labute approximate surface area is 59.6 Å². The Kier molecular flexibility index (Phi) is 0.768. The lowest BCUT2D eigenvalue weighted by molar-refractivity contribution is -0.129. The number of ether oxygens (including phenoxy) is 1. The molecule has 1 aliphatic heterocycles. The zero-order valence-corrected chi connectivity index (χ0v) is 5.75. The first-order valence-electron chi connectivity index (χ1n) is 4.01. The molecule has 0 aromatic heterocycles. The van der Waals surface area contributed by atoms with Gasteiger partial charge in [-0.05, 0) is 24.7 Å². The largest absolute Gasteiger partial charge is 0.370 e. The Bertz CT molecular complexity index is 197. The third-order valence-corrected chi connectivity index (χ3v) is 3.31. The van der Waals surface area contributed by atoms with Gasteiger partial charge in [-0.2, -0.15) is 0 Å². The highest BCUT2D eigenvalue weighted by molar-refractivity contribution is 5.89. The molecule has 3 rings (SSSR count). The quantitative estimate of drug-likeness (QED) is 0.490. The zero-order valence-electron chi connectivity index (χ0n) is 5.75. The van der Waals surface area contributed by atoms with E-state index >= 15 is 0 Å². The summed E-state index contributed by atoms with van der Waals surface area (Å²) in [6.07, 6.45) is 2.29. The van der Waals surface area contributed by atoms with Crippen molar-refractivity contribution in [2.75, 3.05) is 6.61 Å². The van der Waals surface area contributed by atoms with E-state index in [2.05, 4.69) is 0 Å². The van der Waals surface area contributed by atoms with Crippen LogP contribution in [0.2, 0.25) is 0 Å². The lowest BCUT2D eigenvalue weighted by atomic mass is 9.90. The number of ketones is 1. The molecular weight excluding hydrogens is 128 g/mol. The third-order valence-electron chi connectivity index (χ3n) is 3.31. The molecule has 0 amide bonds. The van der Waals surface area contributed by atoms with Gasteiger partial charge in [-0.1, -0.05) is 0 Å². The second-order valence-corrected chi connectivity index (χ2v) is 3.75. The average molecular weight is 138 g/mol. The lowest BCUT2D eigenvalue weighted by Gasteiger charge is -2.13. The van der Waals surface area contributed by atoms with Crippen molar-refractivity contribution in [2.24, 2.45) is 17.8 Å². The van der Waals surface area contributed by atoms with Gasteiger partial charge in [0, 0.05) is 5.92 Å². The van der Waals surface area contributed by atoms with Crippen molar-refractivity contribution >= 4 is 5.78 Å². The molecule has 0 unspecified atom stereocenters. The molecule has 0 N–H and O–H groups in total. The number of carbonyl (C=O) groups is 1. The molecule has 2 nitrogen and oxygen atoms in total. The number of fused-ring (bicyclic) bond motifs is 1. The van der Waals surface area contributed by atoms with Crippen LogP contribution < -0.4 is 0 Å². The first kappa shape index (κ1) is 5.30. The highest BCUT2D eigenvalue weighted by Gasteiger charge is 2.56. The van der Waals surface area contributed by atoms with Crippen LogP contribution in [0.1, 0.15) is 12.8 Å². The molecule has 1 heterocycles. The van der Waals surface area contributed by atoms with Gasteiger partial charge in [0.2, 0.25) is 0 Å². The fraction of sp³-hybridized carbons (Fsp3) is 0.875. The molecule has 2 saturated carbocycles. The summed E-state index contributed by atoms with van der Waals surface area (Å²) in [4.78, 5) is 11.3. The number of rotatable bonds is 0. The minimum Gasteiger partial charge on any atom is -0.370 e. The molecule has 0 aromatic carbocycles. The minimum absolute atomic E-state index is 0.0312. The molecular formula is C8H10O2. The van der Waals surface area contributed by atoms with Crippen LogP contribution in [-0.2, 0) is 9.53 Å². The molecule has 2 heteroatoms. The average Bonchev–Trinajstić information content (AvgIpc) is 2.43. The summed E-state index contributed by atoms with van der Waals surface area (Å²) in [5.74, 6) is 2.16. The number of hydrogen-bond donors (Lipinski definition) is 0. The van der Waals surface area contributed by atoms with E-state index in [-0.39, 0.29) is 6.10 Å². The van der Waals surface area contributed by atoms with Crippen LogP contribution in [-0.4, -0.2) is 18.5 Å². The van der Waals surface area contributed by atoms with Crippen molar-refractivity contribution in [1.82, 2.24) is 0 Å². The monoisotopic (exact) mass is 138 g/mol. The standard InChI is InChI=1S/C8H10O2/c9-7-4-1-5-3-10-8(7)6(5)2-4/h4-6,8H,1-3H2/t4-,5-,6-,8+/m1/s1. The van der Waals surface area contributed by atoms with E-state index in [0.717, 1.165) is 25.4 Å². The Morgan fingerprint density at radius 1 is 1.40 bits per heavy atom. The van der Waals surface area contributed by atoms with E-state index in [9.17, 15) is 4.79 Å². The summed E-state index contributed by atoms with van der Waals surface area (Å²) in [6, 6.07) is 0. The van der Waals surface area contributed by atoms with Gasteiger partial charge in [-0.25, -0.2) is 0 Å². The number of Topliss-reactive ketones (excluding diaryl/α,β-unsaturated/α-hetero) is 1. The Balaban J connectivity index is 2.08. The third kappa shape index (κ3) is 0.409. The van der Waals surface area contributed by atoms with Gasteiger partial charge in [0.15, 0.2) is 5.78 Å². The first-order chi connectivity index (χ1) is 4.86. The van der Waals surface area contributed by atoms with E-state index in [1.54, 1.807) is 0 Å². The van der Waals surface area contributed by atoms with Gasteiger partial charge in [-0.15, -0.1) is 0 Å². The maximum atomic E-state index is 11.3. The summed E-state index contributed by atoms with van der Waals surface area (Å²) in [6.45, 7) is 0.859. The van der Waals surface area contributed by atoms with E-state index in [4.69, 9.17) is 4.74 Å². The molecule has 54 valence electrons. The zero-order chi connectivity index (χ0) is 6.72. The second-order valence-electron chi connectivity index (χ2n) is 3.75. The second kappa shape index (κ2) is 1.45. The van der Waals surface area contributed by atoms with Crippen molar-refractivity contribution in [3.05, 3.63) is 0 Å². The minimum atomic E-state index is 0.0312. The highest BCUT2D eigenvalue weighted by Crippen LogP contribution is 2.51. The maximum absolute atomic E-state index is 11.3. The van der Waals surface area contributed by atoms with Gasteiger partial charge in [0.25, 0.3) is 0 Å². The van der Waals surface area contributed by atoms with Crippen LogP contribution in [0.3, 0.4) is 0 Å². The fourth-order valence-electron chi connectivity index (χ4n) is 2.83. The van der Waals surface area contributed by atoms with E-state index < -0.39 is 0 Å². The normalized spacial score (nSPS) is 56.6. The molecule has 3 fully saturated rings. The van der Waals surface area contributed by atoms with E-state index in [1.165, 1.54) is 0 Å². The molecule has 10 heavy (non-hydrogen) atoms. The number of carbonyl (C=O) groups excluding carboxylic acids is 1. The summed E-state index contributed by atoms with van der Waals surface area (Å²) >= 11 is 0. The Morgan fingerprint density at radius 2 is 2.30 bits per heavy atom. The molecule has 1 saturated heterocycles. The van der Waals surface area contributed by atoms with Crippen LogP contribution >= 0.6 is 0 Å². The molecule has 0 radical (unpaired) electrons. The first-order valence-corrected chi connectivity index (χ1v) is 4.01. The van der Waals surface area contributed by atoms with E-state index in [1.807, 2.05) is 0 Å². The van der Waals surface area contributed by atoms with Gasteiger partial charge >= 0.3 is 0 Å². The Morgan fingerprint density at radius 3 is 3.00 bits per heavy atom. The van der Waals surface area contributed by atoms with Crippen molar-refractivity contribution in [3.8, 4) is 0 Å². The predicted molar refractivity (Wildman–Crippen MR) is 34.5 cm³/mol. The van der Waals surface area contributed by atoms with Crippen molar-refractivity contribution in [1.29, 1.82) is 0 Å². The highest BCUT2D eigenvalue weighted by atomic mass is 16.5. The van der Waals surface area contributed by atoms with Crippen molar-refractivity contribution in [3.63, 3.8) is 0 Å². The van der Waals surface area contributed by atoms with Crippen molar-refractivity contribution in [2.45, 2.75) is 18.9 Å². The SMILES string of the molecule is O=C1[C@@H]2C[C@@H]3CO[C@H]1[C@@H]3C2. The summed E-state index contributed by atoms with van der Waals surface area (Å²) in [5, 5.41) is 0. The topological polar surface area (TPSA) is 26.3 Å². The fourth-order valence-corrected chi connectivity index (χ4v) is 2.83. The van der Waals surface area contributed by atoms with Crippen molar-refractivity contribution < 1.29 is 9.53 Å². The smallest absolute Gasteiger partial charge is 0.164 e. The van der Waals surface area contributed by atoms with Crippen LogP contribution in [0.25, 0.3) is 0 Å². The lowest BCUT2D eigenvalue weighted by Crippen LogP contribution is -2.26. The van der Waals surface area contributed by atoms with Gasteiger partial charge in [0.05, 0.1) is 6.61 Å². The summed E-state index contributed by atoms with van der Waals surface area (Å²) in [5.41, 5.74) is 0. The maximum Gasteiger partial charge on any atom is 0.164 e. The summed E-state index contributed by atoms with van der Waals surface area (Å²) < 4.78 is 5.39. The van der Waals surface area contributed by atoms with Crippen LogP contribution in [0.15, 0.2) is 0 Å². The molecule has 0 spiro atoms. The van der Waals surface area contributed by atoms with Gasteiger partial charge < -0.3 is 4.74 Å². The molecule has 4 atom stereocenters. The Hall–Kier alpha value is -0.370. The van der Waals surface area contributed by atoms with Gasteiger partial charge in [-0.3, -0.25) is 4.79 Å². The van der Waals surface area contributed by atoms with Crippen LogP contribution in [0, 0.1) is 17.8 Å². The van der Waals surface area contributed by atoms with Crippen LogP contribution in [0.5, 0.6) is 0 Å². The molecule has 0 aromatic rings. The van der Waals surface area contributed by atoms with Gasteiger partial charge in [0.1, 0.15) is 6.10 Å². The molecule has 2 bridgehead atoms. The number of hydrogen-bond acceptors (Lipinski definition) is 2. The van der Waals surface area contributed by atoms with E-state index in [0.29, 0.717) is 17.6 Å². The molecule has 2 aliphatic carbocycles. The summed E-state index contributed by atoms with van der Waals surface area (Å²) in [7, 11) is 0.